The predicted molar refractivity (Wildman–Crippen MR) is 239 cm³/mol. The van der Waals surface area contributed by atoms with Crippen LogP contribution in [-0.4, -0.2) is 118 Å². The molecule has 3 aromatic rings. The first kappa shape index (κ1) is 48.5. The van der Waals surface area contributed by atoms with Crippen LogP contribution in [0, 0.1) is 23.7 Å². The van der Waals surface area contributed by atoms with Crippen molar-refractivity contribution in [3.8, 4) is 23.7 Å². The molecule has 2 aliphatic heterocycles. The second-order valence-corrected chi connectivity index (χ2v) is 35.0. The van der Waals surface area contributed by atoms with Gasteiger partial charge in [-0.25, -0.2) is 19.7 Å². The monoisotopic (exact) mass is 899 g/mol. The van der Waals surface area contributed by atoms with E-state index in [0.717, 1.165) is 0 Å². The Labute approximate surface area is 361 Å². The summed E-state index contributed by atoms with van der Waals surface area (Å²) in [4.78, 5) is 40.6. The number of anilines is 1. The summed E-state index contributed by atoms with van der Waals surface area (Å²) in [5, 5.41) is 35.4. The van der Waals surface area contributed by atoms with Crippen LogP contribution < -0.4 is 17.0 Å². The van der Waals surface area contributed by atoms with Gasteiger partial charge in [-0.2, -0.15) is 0 Å². The number of aromatic amines is 1. The first-order valence-corrected chi connectivity index (χ1v) is 29.2. The van der Waals surface area contributed by atoms with Gasteiger partial charge < -0.3 is 43.8 Å². The number of H-pyrrole nitrogens is 1. The van der Waals surface area contributed by atoms with Crippen molar-refractivity contribution in [1.82, 2.24) is 29.1 Å². The van der Waals surface area contributed by atoms with Gasteiger partial charge in [0.15, 0.2) is 60.1 Å². The van der Waals surface area contributed by atoms with Crippen LogP contribution in [0.4, 0.5) is 5.82 Å². The molecule has 0 amide bonds. The summed E-state index contributed by atoms with van der Waals surface area (Å²) in [5.41, 5.74) is 1.10. The average Bonchev–Trinajstić information content (AvgIpc) is 3.75. The molecule has 2 aliphatic rings. The number of ether oxygens (including phenoxy) is 2. The topological polar surface area (TPSA) is 231 Å². The minimum absolute atomic E-state index is 0.109. The quantitative estimate of drug-likeness (QED) is 0.143. The van der Waals surface area contributed by atoms with E-state index < -0.39 is 90.9 Å². The van der Waals surface area contributed by atoms with Gasteiger partial charge in [0.1, 0.15) is 36.3 Å². The number of hydrogen-bond acceptors (Lipinski definition) is 14. The first-order chi connectivity index (χ1) is 27.8. The molecule has 5 heterocycles. The van der Waals surface area contributed by atoms with Crippen molar-refractivity contribution in [3.05, 3.63) is 45.8 Å². The Kier molecular flexibility index (Phi) is 13.2. The van der Waals surface area contributed by atoms with Crippen molar-refractivity contribution in [1.29, 1.82) is 0 Å². The molecule has 2 fully saturated rings. The van der Waals surface area contributed by atoms with Gasteiger partial charge in [0, 0.05) is 12.3 Å². The largest absolute Gasteiger partial charge is 0.414 e. The Balaban J connectivity index is 1.67. The zero-order chi connectivity index (χ0) is 45.9. The Morgan fingerprint density at radius 2 is 1.28 bits per heavy atom. The first-order valence-electron chi connectivity index (χ1n) is 20.5. The number of nitrogen functional groups attached to an aromatic ring is 1. The zero-order valence-electron chi connectivity index (χ0n) is 38.2. The molecule has 0 unspecified atom stereocenters. The van der Waals surface area contributed by atoms with Gasteiger partial charge in [-0.3, -0.25) is 18.9 Å². The minimum Gasteiger partial charge on any atom is -0.414 e. The lowest BCUT2D eigenvalue weighted by Gasteiger charge is -2.42. The van der Waals surface area contributed by atoms with E-state index in [0.29, 0.717) is 11.2 Å². The van der Waals surface area contributed by atoms with Gasteiger partial charge in [0.2, 0.25) is 0 Å². The standard InChI is InChI=1S/C41H65N7O10Si3/c1-37(2,3)59(10,11)54-23-27-41(53,30(57-60(12,13)38(4,5)6)34(56-27)47-21-18-28(50)46-36(47)51)20-17-16-19-40(52)26(22-49)55-35(31(40)58-61(14,15)39(7,8)9)48-25-45-29-32(42)43-24-44-33(29)48/h18,21,24-27,30-31,34-35,49,52-53H,22-23H2,1-15H3,(H2,42,43,44)(H,46,50,51)/t26-,27-,30+,31+,34-,35-,40-,41-/m1/s1. The number of aromatic nitrogens is 6. The van der Waals surface area contributed by atoms with Crippen LogP contribution in [0.25, 0.3) is 11.2 Å². The average molecular weight is 900 g/mol. The molecular formula is C41H65N7O10Si3. The lowest BCUT2D eigenvalue weighted by Crippen LogP contribution is -2.56. The zero-order valence-corrected chi connectivity index (χ0v) is 41.2. The minimum atomic E-state index is -2.77. The number of rotatable bonds is 10. The van der Waals surface area contributed by atoms with E-state index >= 15 is 0 Å². The Hall–Kier alpha value is -3.52. The molecular weight excluding hydrogens is 835 g/mol. The van der Waals surface area contributed by atoms with Crippen molar-refractivity contribution < 1.29 is 38.1 Å². The highest BCUT2D eigenvalue weighted by atomic mass is 28.4. The van der Waals surface area contributed by atoms with Crippen molar-refractivity contribution >= 4 is 41.9 Å². The lowest BCUT2D eigenvalue weighted by atomic mass is 9.92. The summed E-state index contributed by atoms with van der Waals surface area (Å²) < 4.78 is 36.1. The van der Waals surface area contributed by atoms with Gasteiger partial charge in [-0.1, -0.05) is 62.3 Å². The summed E-state index contributed by atoms with van der Waals surface area (Å²) >= 11 is 0. The van der Waals surface area contributed by atoms with Crippen LogP contribution in [0.15, 0.2) is 34.5 Å². The van der Waals surface area contributed by atoms with Crippen LogP contribution in [0.2, 0.25) is 54.4 Å². The number of aliphatic hydroxyl groups is 3. The number of aliphatic hydroxyl groups excluding tert-OH is 1. The molecule has 17 nitrogen and oxygen atoms in total. The Morgan fingerprint density at radius 1 is 0.787 bits per heavy atom. The second kappa shape index (κ2) is 16.6. The van der Waals surface area contributed by atoms with Gasteiger partial charge in [-0.15, -0.1) is 0 Å². The maximum atomic E-state index is 13.3. The van der Waals surface area contributed by atoms with Crippen molar-refractivity contribution in [2.45, 2.75) is 165 Å². The summed E-state index contributed by atoms with van der Waals surface area (Å²) in [5.74, 6) is 11.5. The fraction of sp³-hybridized carbons (Fsp3) is 0.683. The highest BCUT2D eigenvalue weighted by molar-refractivity contribution is 6.75. The third-order valence-corrected chi connectivity index (χ3v) is 26.8. The molecule has 0 spiro atoms. The van der Waals surface area contributed by atoms with Crippen LogP contribution in [0.5, 0.6) is 0 Å². The molecule has 3 aromatic heterocycles. The molecule has 0 radical (unpaired) electrons. The van der Waals surface area contributed by atoms with E-state index in [4.69, 9.17) is 28.5 Å². The second-order valence-electron chi connectivity index (χ2n) is 20.6. The molecule has 8 atom stereocenters. The summed E-state index contributed by atoms with van der Waals surface area (Å²) in [6.07, 6.45) is -3.17. The van der Waals surface area contributed by atoms with Gasteiger partial charge in [0.25, 0.3) is 5.56 Å². The number of hydrogen-bond donors (Lipinski definition) is 5. The SMILES string of the molecule is CC(C)(C)[Si](C)(C)OC[C@H]1O[C@@H](n2ccc(=O)[nH]c2=O)[C@H](O[Si](C)(C)C(C)(C)C)[C@@]1(O)C#CC#C[C@@]1(O)[C@@H](CO)O[C@@H](n2cnc3c(N)ncnc32)[C@@H]1O[Si](C)(C)C(C)(C)C. The van der Waals surface area contributed by atoms with Crippen molar-refractivity contribution in [2.75, 3.05) is 18.9 Å². The van der Waals surface area contributed by atoms with Gasteiger partial charge >= 0.3 is 5.69 Å². The van der Waals surface area contributed by atoms with E-state index in [-0.39, 0.29) is 27.5 Å². The van der Waals surface area contributed by atoms with Crippen LogP contribution in [0.1, 0.15) is 74.8 Å². The van der Waals surface area contributed by atoms with E-state index in [1.165, 1.54) is 29.5 Å². The number of nitrogens with one attached hydrogen (secondary N) is 1. The Morgan fingerprint density at radius 3 is 1.77 bits per heavy atom. The molecule has 0 aromatic carbocycles. The van der Waals surface area contributed by atoms with Crippen LogP contribution in [0.3, 0.4) is 0 Å². The predicted octanol–water partition coefficient (Wildman–Crippen LogP) is 4.02. The molecule has 2 saturated heterocycles. The molecule has 5 rings (SSSR count). The molecule has 6 N–H and O–H groups in total. The molecule has 20 heteroatoms. The smallest absolute Gasteiger partial charge is 0.330 e. The lowest BCUT2D eigenvalue weighted by molar-refractivity contribution is -0.0606. The normalized spacial score (nSPS) is 27.8. The van der Waals surface area contributed by atoms with Crippen molar-refractivity contribution in [3.63, 3.8) is 0 Å². The molecule has 0 aliphatic carbocycles. The molecule has 0 saturated carbocycles. The van der Waals surface area contributed by atoms with E-state index in [9.17, 15) is 24.9 Å². The van der Waals surface area contributed by atoms with Gasteiger partial charge in [-0.05, 0) is 78.1 Å². The number of fused-ring (bicyclic) bond motifs is 1. The number of nitrogens with two attached hydrogens (primary N) is 1. The third-order valence-electron chi connectivity index (χ3n) is 13.4. The summed E-state index contributed by atoms with van der Waals surface area (Å²) in [7, 11) is -7.91. The van der Waals surface area contributed by atoms with E-state index in [1.54, 1.807) is 4.57 Å². The van der Waals surface area contributed by atoms with Crippen molar-refractivity contribution in [2.24, 2.45) is 0 Å². The van der Waals surface area contributed by atoms with E-state index in [1.807, 2.05) is 47.0 Å². The fourth-order valence-electron chi connectivity index (χ4n) is 6.29. The maximum Gasteiger partial charge on any atom is 0.330 e. The molecule has 0 bridgehead atoms. The highest BCUT2D eigenvalue weighted by Crippen LogP contribution is 2.48. The molecule has 61 heavy (non-hydrogen) atoms. The fourth-order valence-corrected chi connectivity index (χ4v) is 9.86. The summed E-state index contributed by atoms with van der Waals surface area (Å²) in [6.45, 7) is 30.0. The number of nitrogens with zero attached hydrogens (tertiary/aromatic N) is 5. The molecule has 336 valence electrons. The van der Waals surface area contributed by atoms with E-state index in [2.05, 4.69) is 98.3 Å². The number of imidazole rings is 1. The maximum absolute atomic E-state index is 13.3. The third kappa shape index (κ3) is 9.27. The Bertz CT molecular complexity index is 2340. The van der Waals surface area contributed by atoms with Gasteiger partial charge in [0.05, 0.1) is 19.5 Å². The summed E-state index contributed by atoms with van der Waals surface area (Å²) in [6, 6.07) is 1.19. The van der Waals surface area contributed by atoms with Crippen LogP contribution >= 0.6 is 0 Å². The highest BCUT2D eigenvalue weighted by Gasteiger charge is 2.61. The van der Waals surface area contributed by atoms with Crippen LogP contribution in [-0.2, 0) is 22.8 Å².